The Morgan fingerprint density at radius 1 is 1.47 bits per heavy atom. The first kappa shape index (κ1) is 11.0. The lowest BCUT2D eigenvalue weighted by molar-refractivity contribution is 0.368. The Labute approximate surface area is 98.7 Å². The highest BCUT2D eigenvalue weighted by Gasteiger charge is 1.99. The second kappa shape index (κ2) is 5.56. The molecule has 0 fully saturated rings. The fourth-order valence-electron chi connectivity index (χ4n) is 1.33. The number of rotatable bonds is 5. The molecule has 0 radical (unpaired) electrons. The summed E-state index contributed by atoms with van der Waals surface area (Å²) < 4.78 is 10.3. The van der Waals surface area contributed by atoms with Crippen LogP contribution in [0.25, 0.3) is 0 Å². The number of nitrogens with one attached hydrogen (secondary N) is 1. The van der Waals surface area contributed by atoms with Crippen molar-refractivity contribution in [1.82, 2.24) is 4.98 Å². The minimum atomic E-state index is 0.0472. The van der Waals surface area contributed by atoms with Crippen molar-refractivity contribution in [2.45, 2.75) is 6.54 Å². The summed E-state index contributed by atoms with van der Waals surface area (Å²) in [6, 6.07) is 9.32. The van der Waals surface area contributed by atoms with E-state index in [0.29, 0.717) is 12.3 Å². The van der Waals surface area contributed by atoms with Crippen molar-refractivity contribution in [3.05, 3.63) is 42.6 Å². The normalized spacial score (nSPS) is 9.59. The summed E-state index contributed by atoms with van der Waals surface area (Å²) in [6.45, 7) is 0.604. The molecule has 0 amide bonds. The van der Waals surface area contributed by atoms with Gasteiger partial charge in [0.1, 0.15) is 17.6 Å². The zero-order chi connectivity index (χ0) is 11.9. The van der Waals surface area contributed by atoms with E-state index < -0.39 is 0 Å². The van der Waals surface area contributed by atoms with E-state index in [1.165, 1.54) is 6.39 Å². The van der Waals surface area contributed by atoms with E-state index in [0.717, 1.165) is 11.4 Å². The average Bonchev–Trinajstić information content (AvgIpc) is 2.87. The summed E-state index contributed by atoms with van der Waals surface area (Å²) in [5.74, 6) is 1.42. The highest BCUT2D eigenvalue weighted by atomic mass is 16.5. The third kappa shape index (κ3) is 3.24. The third-order valence-corrected chi connectivity index (χ3v) is 2.09. The van der Waals surface area contributed by atoms with Gasteiger partial charge in [-0.25, -0.2) is 4.98 Å². The summed E-state index contributed by atoms with van der Waals surface area (Å²) in [6.07, 6.45) is 3.05. The van der Waals surface area contributed by atoms with Crippen LogP contribution in [0.2, 0.25) is 0 Å². The zero-order valence-corrected chi connectivity index (χ0v) is 9.09. The fourth-order valence-corrected chi connectivity index (χ4v) is 1.33. The van der Waals surface area contributed by atoms with Gasteiger partial charge < -0.3 is 14.5 Å². The maximum atomic E-state index is 8.42. The molecule has 0 atom stereocenters. The molecule has 1 aromatic heterocycles. The molecule has 0 spiro atoms. The van der Waals surface area contributed by atoms with E-state index in [1.807, 2.05) is 24.3 Å². The topological polar surface area (TPSA) is 71.1 Å². The Balaban J connectivity index is 1.94. The van der Waals surface area contributed by atoms with E-state index >= 15 is 0 Å². The minimum absolute atomic E-state index is 0.0472. The van der Waals surface area contributed by atoms with E-state index in [-0.39, 0.29) is 6.61 Å². The van der Waals surface area contributed by atoms with Crippen LogP contribution < -0.4 is 10.1 Å². The lowest BCUT2D eigenvalue weighted by Crippen LogP contribution is -1.99. The Morgan fingerprint density at radius 3 is 3.18 bits per heavy atom. The Morgan fingerprint density at radius 2 is 2.41 bits per heavy atom. The van der Waals surface area contributed by atoms with Crippen LogP contribution in [0, 0.1) is 11.3 Å². The summed E-state index contributed by atoms with van der Waals surface area (Å²) >= 11 is 0. The third-order valence-electron chi connectivity index (χ3n) is 2.09. The van der Waals surface area contributed by atoms with E-state index in [9.17, 15) is 0 Å². The number of anilines is 1. The van der Waals surface area contributed by atoms with Crippen molar-refractivity contribution in [3.63, 3.8) is 0 Å². The Kier molecular flexibility index (Phi) is 3.61. The molecule has 17 heavy (non-hydrogen) atoms. The Hall–Kier alpha value is -2.48. The number of oxazole rings is 1. The van der Waals surface area contributed by atoms with E-state index in [1.54, 1.807) is 12.3 Å². The van der Waals surface area contributed by atoms with Gasteiger partial charge in [-0.2, -0.15) is 5.26 Å². The first-order chi connectivity index (χ1) is 8.38. The number of hydrogen-bond acceptors (Lipinski definition) is 5. The maximum Gasteiger partial charge on any atom is 0.180 e. The molecule has 0 aliphatic rings. The molecular formula is C12H11N3O2. The van der Waals surface area contributed by atoms with Gasteiger partial charge in [-0.3, -0.25) is 0 Å². The van der Waals surface area contributed by atoms with Crippen molar-refractivity contribution in [2.24, 2.45) is 0 Å². The summed E-state index contributed by atoms with van der Waals surface area (Å²) in [5.41, 5.74) is 0.900. The lowest BCUT2D eigenvalue weighted by Gasteiger charge is -2.06. The van der Waals surface area contributed by atoms with E-state index in [4.69, 9.17) is 14.4 Å². The molecule has 0 saturated heterocycles. The Bertz CT molecular complexity index is 503. The van der Waals surface area contributed by atoms with Crippen LogP contribution in [0.5, 0.6) is 5.75 Å². The second-order valence-corrected chi connectivity index (χ2v) is 3.30. The molecule has 86 valence electrons. The van der Waals surface area contributed by atoms with Gasteiger partial charge in [0.2, 0.25) is 0 Å². The standard InChI is InChI=1S/C12H11N3O2/c13-4-5-16-11-3-1-2-10(6-11)15-8-12-7-14-9-17-12/h1-3,6-7,9,15H,5,8H2. The van der Waals surface area contributed by atoms with Gasteiger partial charge in [0.25, 0.3) is 0 Å². The monoisotopic (exact) mass is 229 g/mol. The van der Waals surface area contributed by atoms with Crippen LogP contribution in [0.3, 0.4) is 0 Å². The molecule has 5 nitrogen and oxygen atoms in total. The molecule has 0 aliphatic carbocycles. The smallest absolute Gasteiger partial charge is 0.180 e. The summed E-state index contributed by atoms with van der Waals surface area (Å²) in [5, 5.41) is 11.6. The van der Waals surface area contributed by atoms with Gasteiger partial charge >= 0.3 is 0 Å². The predicted molar refractivity (Wildman–Crippen MR) is 61.4 cm³/mol. The number of ether oxygens (including phenoxy) is 1. The average molecular weight is 229 g/mol. The number of benzene rings is 1. The van der Waals surface area contributed by atoms with Gasteiger partial charge in [-0.05, 0) is 12.1 Å². The molecule has 0 unspecified atom stereocenters. The fraction of sp³-hybridized carbons (Fsp3) is 0.167. The van der Waals surface area contributed by atoms with Gasteiger partial charge in [-0.15, -0.1) is 0 Å². The molecule has 1 aromatic carbocycles. The predicted octanol–water partition coefficient (Wildman–Crippen LogP) is 2.19. The molecule has 0 bridgehead atoms. The van der Waals surface area contributed by atoms with Gasteiger partial charge in [0, 0.05) is 11.8 Å². The summed E-state index contributed by atoms with van der Waals surface area (Å²) in [7, 11) is 0. The molecule has 2 rings (SSSR count). The highest BCUT2D eigenvalue weighted by molar-refractivity contribution is 5.48. The van der Waals surface area contributed by atoms with Gasteiger partial charge in [0.05, 0.1) is 12.7 Å². The number of hydrogen-bond donors (Lipinski definition) is 1. The van der Waals surface area contributed by atoms with Crippen molar-refractivity contribution in [3.8, 4) is 11.8 Å². The molecular weight excluding hydrogens is 218 g/mol. The first-order valence-corrected chi connectivity index (χ1v) is 5.09. The molecule has 5 heteroatoms. The molecule has 1 heterocycles. The van der Waals surface area contributed by atoms with Crippen LogP contribution in [-0.4, -0.2) is 11.6 Å². The van der Waals surface area contributed by atoms with Crippen LogP contribution in [0.1, 0.15) is 5.76 Å². The van der Waals surface area contributed by atoms with Crippen molar-refractivity contribution in [1.29, 1.82) is 5.26 Å². The van der Waals surface area contributed by atoms with E-state index in [2.05, 4.69) is 10.3 Å². The first-order valence-electron chi connectivity index (χ1n) is 5.09. The lowest BCUT2D eigenvalue weighted by atomic mass is 10.3. The molecule has 0 aliphatic heterocycles. The molecule has 2 aromatic rings. The quantitative estimate of drug-likeness (QED) is 0.850. The van der Waals surface area contributed by atoms with Crippen LogP contribution >= 0.6 is 0 Å². The summed E-state index contributed by atoms with van der Waals surface area (Å²) in [4.78, 5) is 3.83. The molecule has 1 N–H and O–H groups in total. The largest absolute Gasteiger partial charge is 0.479 e. The van der Waals surface area contributed by atoms with Gasteiger partial charge in [0.15, 0.2) is 13.0 Å². The minimum Gasteiger partial charge on any atom is -0.479 e. The zero-order valence-electron chi connectivity index (χ0n) is 9.09. The number of aromatic nitrogens is 1. The number of nitrogens with zero attached hydrogens (tertiary/aromatic N) is 2. The molecule has 0 saturated carbocycles. The SMILES string of the molecule is N#CCOc1cccc(NCc2cnco2)c1. The highest BCUT2D eigenvalue weighted by Crippen LogP contribution is 2.17. The second-order valence-electron chi connectivity index (χ2n) is 3.30. The van der Waals surface area contributed by atoms with Crippen LogP contribution in [0.4, 0.5) is 5.69 Å². The van der Waals surface area contributed by atoms with Crippen molar-refractivity contribution in [2.75, 3.05) is 11.9 Å². The van der Waals surface area contributed by atoms with Crippen molar-refractivity contribution < 1.29 is 9.15 Å². The van der Waals surface area contributed by atoms with Crippen LogP contribution in [0.15, 0.2) is 41.3 Å². The number of nitriles is 1. The van der Waals surface area contributed by atoms with Gasteiger partial charge in [-0.1, -0.05) is 6.07 Å². The van der Waals surface area contributed by atoms with Crippen LogP contribution in [-0.2, 0) is 6.54 Å². The van der Waals surface area contributed by atoms with Crippen molar-refractivity contribution >= 4 is 5.69 Å². The maximum absolute atomic E-state index is 8.42.